The van der Waals surface area contributed by atoms with Gasteiger partial charge in [-0.2, -0.15) is 0 Å². The second-order valence-electron chi connectivity index (χ2n) is 4.95. The Kier molecular flexibility index (Phi) is 6.06. The molecule has 1 aromatic carbocycles. The predicted octanol–water partition coefficient (Wildman–Crippen LogP) is 3.40. The van der Waals surface area contributed by atoms with Crippen molar-refractivity contribution in [1.29, 1.82) is 0 Å². The van der Waals surface area contributed by atoms with E-state index in [-0.39, 0.29) is 0 Å². The van der Waals surface area contributed by atoms with Crippen LogP contribution in [-0.2, 0) is 0 Å². The van der Waals surface area contributed by atoms with Crippen LogP contribution in [0.2, 0.25) is 0 Å². The van der Waals surface area contributed by atoms with E-state index in [1.165, 1.54) is 12.0 Å². The number of ether oxygens (including phenoxy) is 1. The number of aryl methyl sites for hydroxylation is 1. The summed E-state index contributed by atoms with van der Waals surface area (Å²) in [5.74, 6) is 1.68. The molecule has 0 aromatic heterocycles. The van der Waals surface area contributed by atoms with Gasteiger partial charge in [0, 0.05) is 6.04 Å². The molecule has 0 aliphatic carbocycles. The summed E-state index contributed by atoms with van der Waals surface area (Å²) in [6, 6.07) is 8.59. The molecule has 0 spiro atoms. The van der Waals surface area contributed by atoms with Crippen LogP contribution in [0.1, 0.15) is 32.8 Å². The van der Waals surface area contributed by atoms with E-state index >= 15 is 0 Å². The molecular weight excluding hydrogens is 210 g/mol. The molecular formula is C15H25NO. The van der Waals surface area contributed by atoms with Crippen molar-refractivity contribution in [2.45, 2.75) is 40.2 Å². The molecule has 0 radical (unpaired) electrons. The Morgan fingerprint density at radius 3 is 2.41 bits per heavy atom. The molecule has 0 aliphatic rings. The molecule has 1 aromatic rings. The summed E-state index contributed by atoms with van der Waals surface area (Å²) >= 11 is 0. The van der Waals surface area contributed by atoms with Gasteiger partial charge in [0.25, 0.3) is 0 Å². The number of hydrogen-bond acceptors (Lipinski definition) is 2. The molecule has 0 heterocycles. The highest BCUT2D eigenvalue weighted by Gasteiger charge is 2.04. The van der Waals surface area contributed by atoms with E-state index in [0.717, 1.165) is 24.8 Å². The van der Waals surface area contributed by atoms with E-state index in [4.69, 9.17) is 4.74 Å². The van der Waals surface area contributed by atoms with Crippen LogP contribution in [0.25, 0.3) is 0 Å². The minimum atomic E-state index is 0.394. The van der Waals surface area contributed by atoms with Gasteiger partial charge in [-0.15, -0.1) is 0 Å². The highest BCUT2D eigenvalue weighted by atomic mass is 16.5. The molecule has 0 aliphatic heterocycles. The van der Waals surface area contributed by atoms with E-state index in [2.05, 4.69) is 45.1 Å². The average molecular weight is 235 g/mol. The van der Waals surface area contributed by atoms with Gasteiger partial charge in [-0.3, -0.25) is 0 Å². The van der Waals surface area contributed by atoms with Crippen molar-refractivity contribution in [1.82, 2.24) is 5.32 Å². The van der Waals surface area contributed by atoms with Gasteiger partial charge in [-0.1, -0.05) is 38.0 Å². The topological polar surface area (TPSA) is 21.3 Å². The Balaban J connectivity index is 2.23. The molecule has 2 nitrogen and oxygen atoms in total. The van der Waals surface area contributed by atoms with Gasteiger partial charge < -0.3 is 10.1 Å². The fourth-order valence-electron chi connectivity index (χ4n) is 1.46. The predicted molar refractivity (Wildman–Crippen MR) is 73.6 cm³/mol. The van der Waals surface area contributed by atoms with Crippen molar-refractivity contribution in [3.8, 4) is 5.75 Å². The summed E-state index contributed by atoms with van der Waals surface area (Å²) < 4.78 is 5.73. The van der Waals surface area contributed by atoms with Gasteiger partial charge in [0.2, 0.25) is 0 Å². The van der Waals surface area contributed by atoms with Crippen molar-refractivity contribution >= 4 is 0 Å². The maximum Gasteiger partial charge on any atom is 0.119 e. The molecule has 96 valence electrons. The van der Waals surface area contributed by atoms with Crippen molar-refractivity contribution < 1.29 is 4.74 Å². The SMILES string of the molecule is CCC(C)CNC(C)COc1ccc(C)cc1. The first-order valence-corrected chi connectivity index (χ1v) is 6.54. The molecule has 0 amide bonds. The molecule has 2 unspecified atom stereocenters. The highest BCUT2D eigenvalue weighted by molar-refractivity contribution is 5.26. The Labute approximate surface area is 105 Å². The van der Waals surface area contributed by atoms with Crippen molar-refractivity contribution in [3.63, 3.8) is 0 Å². The average Bonchev–Trinajstić information content (AvgIpc) is 2.35. The fraction of sp³-hybridized carbons (Fsp3) is 0.600. The van der Waals surface area contributed by atoms with Crippen LogP contribution in [0.4, 0.5) is 0 Å². The Hall–Kier alpha value is -1.02. The van der Waals surface area contributed by atoms with Crippen molar-refractivity contribution in [2.75, 3.05) is 13.2 Å². The van der Waals surface area contributed by atoms with Crippen LogP contribution in [0, 0.1) is 12.8 Å². The molecule has 1 rings (SSSR count). The van der Waals surface area contributed by atoms with Gasteiger partial charge in [-0.05, 0) is 38.4 Å². The zero-order valence-electron chi connectivity index (χ0n) is 11.5. The van der Waals surface area contributed by atoms with E-state index in [0.29, 0.717) is 6.04 Å². The van der Waals surface area contributed by atoms with Gasteiger partial charge in [0.15, 0.2) is 0 Å². The Bertz CT molecular complexity index is 307. The van der Waals surface area contributed by atoms with Crippen molar-refractivity contribution in [3.05, 3.63) is 29.8 Å². The van der Waals surface area contributed by atoms with E-state index < -0.39 is 0 Å². The lowest BCUT2D eigenvalue weighted by molar-refractivity contribution is 0.267. The summed E-state index contributed by atoms with van der Waals surface area (Å²) in [4.78, 5) is 0. The lowest BCUT2D eigenvalue weighted by Crippen LogP contribution is -2.34. The number of nitrogens with one attached hydrogen (secondary N) is 1. The summed E-state index contributed by atoms with van der Waals surface area (Å²) in [6.07, 6.45) is 1.22. The standard InChI is InChI=1S/C15H25NO/c1-5-12(2)10-16-14(4)11-17-15-8-6-13(3)7-9-15/h6-9,12,14,16H,5,10-11H2,1-4H3. The third kappa shape index (κ3) is 5.73. The summed E-state index contributed by atoms with van der Waals surface area (Å²) in [6.45, 7) is 10.5. The fourth-order valence-corrected chi connectivity index (χ4v) is 1.46. The van der Waals surface area contributed by atoms with Gasteiger partial charge in [0.1, 0.15) is 12.4 Å². The molecule has 2 atom stereocenters. The second kappa shape index (κ2) is 7.33. The van der Waals surface area contributed by atoms with Crippen LogP contribution in [0.5, 0.6) is 5.75 Å². The minimum absolute atomic E-state index is 0.394. The Morgan fingerprint density at radius 1 is 1.18 bits per heavy atom. The second-order valence-corrected chi connectivity index (χ2v) is 4.95. The lowest BCUT2D eigenvalue weighted by Gasteiger charge is -2.17. The maximum atomic E-state index is 5.73. The summed E-state index contributed by atoms with van der Waals surface area (Å²) in [7, 11) is 0. The molecule has 0 bridgehead atoms. The van der Waals surface area contributed by atoms with Crippen LogP contribution in [0.3, 0.4) is 0 Å². The van der Waals surface area contributed by atoms with Crippen LogP contribution < -0.4 is 10.1 Å². The third-order valence-corrected chi connectivity index (χ3v) is 3.03. The van der Waals surface area contributed by atoms with Gasteiger partial charge in [0.05, 0.1) is 0 Å². The van der Waals surface area contributed by atoms with Crippen LogP contribution in [-0.4, -0.2) is 19.2 Å². The molecule has 0 fully saturated rings. The van der Waals surface area contributed by atoms with E-state index in [1.54, 1.807) is 0 Å². The smallest absolute Gasteiger partial charge is 0.119 e. The summed E-state index contributed by atoms with van der Waals surface area (Å²) in [5.41, 5.74) is 1.26. The molecule has 17 heavy (non-hydrogen) atoms. The van der Waals surface area contributed by atoms with Crippen LogP contribution in [0.15, 0.2) is 24.3 Å². The number of hydrogen-bond donors (Lipinski definition) is 1. The molecule has 2 heteroatoms. The number of benzene rings is 1. The molecule has 0 saturated heterocycles. The number of rotatable bonds is 7. The van der Waals surface area contributed by atoms with E-state index in [9.17, 15) is 0 Å². The third-order valence-electron chi connectivity index (χ3n) is 3.03. The highest BCUT2D eigenvalue weighted by Crippen LogP contribution is 2.11. The zero-order valence-corrected chi connectivity index (χ0v) is 11.5. The summed E-state index contributed by atoms with van der Waals surface area (Å²) in [5, 5.41) is 3.49. The lowest BCUT2D eigenvalue weighted by atomic mass is 10.1. The minimum Gasteiger partial charge on any atom is -0.492 e. The zero-order chi connectivity index (χ0) is 12.7. The quantitative estimate of drug-likeness (QED) is 0.782. The maximum absolute atomic E-state index is 5.73. The molecule has 0 saturated carbocycles. The first kappa shape index (κ1) is 14.0. The van der Waals surface area contributed by atoms with Crippen LogP contribution >= 0.6 is 0 Å². The first-order chi connectivity index (χ1) is 8.11. The first-order valence-electron chi connectivity index (χ1n) is 6.54. The monoisotopic (exact) mass is 235 g/mol. The largest absolute Gasteiger partial charge is 0.492 e. The normalized spacial score (nSPS) is 14.4. The van der Waals surface area contributed by atoms with Crippen molar-refractivity contribution in [2.24, 2.45) is 5.92 Å². The van der Waals surface area contributed by atoms with Gasteiger partial charge >= 0.3 is 0 Å². The van der Waals surface area contributed by atoms with Gasteiger partial charge in [-0.25, -0.2) is 0 Å². The Morgan fingerprint density at radius 2 is 1.82 bits per heavy atom. The molecule has 1 N–H and O–H groups in total. The van der Waals surface area contributed by atoms with E-state index in [1.807, 2.05) is 12.1 Å².